The van der Waals surface area contributed by atoms with Gasteiger partial charge in [0.1, 0.15) is 28.3 Å². The number of aromatic nitrogens is 1. The molecule has 0 saturated carbocycles. The standard InChI is InChI=1S/C15H16N2O2S/c1-3-11-4-6-12(7-5-11)19-10-15-17-13(9-18-2)14(8-16)20-15/h4-7H,3,9-10H2,1-2H3. The van der Waals surface area contributed by atoms with Gasteiger partial charge in [-0.1, -0.05) is 19.1 Å². The van der Waals surface area contributed by atoms with Gasteiger partial charge in [0.05, 0.1) is 12.3 Å². The van der Waals surface area contributed by atoms with E-state index < -0.39 is 0 Å². The lowest BCUT2D eigenvalue weighted by atomic mass is 10.2. The van der Waals surface area contributed by atoms with Gasteiger partial charge in [-0.25, -0.2) is 4.98 Å². The third kappa shape index (κ3) is 3.56. The number of nitrogens with zero attached hydrogens (tertiary/aromatic N) is 2. The number of aryl methyl sites for hydroxylation is 1. The molecule has 0 N–H and O–H groups in total. The molecule has 0 unspecified atom stereocenters. The Kier molecular flexibility index (Phi) is 5.10. The van der Waals surface area contributed by atoms with Gasteiger partial charge in [0.25, 0.3) is 0 Å². The second-order valence-electron chi connectivity index (χ2n) is 4.21. The molecule has 0 radical (unpaired) electrons. The van der Waals surface area contributed by atoms with E-state index in [0.29, 0.717) is 23.8 Å². The van der Waals surface area contributed by atoms with Crippen molar-refractivity contribution in [3.8, 4) is 11.8 Å². The van der Waals surface area contributed by atoms with Crippen LogP contribution in [0.3, 0.4) is 0 Å². The van der Waals surface area contributed by atoms with Crippen LogP contribution in [0.1, 0.15) is 28.1 Å². The topological polar surface area (TPSA) is 55.1 Å². The van der Waals surface area contributed by atoms with Crippen LogP contribution >= 0.6 is 11.3 Å². The maximum Gasteiger partial charge on any atom is 0.140 e. The van der Waals surface area contributed by atoms with Gasteiger partial charge in [-0.3, -0.25) is 0 Å². The summed E-state index contributed by atoms with van der Waals surface area (Å²) in [7, 11) is 1.59. The van der Waals surface area contributed by atoms with Crippen molar-refractivity contribution < 1.29 is 9.47 Å². The first-order chi connectivity index (χ1) is 9.76. The minimum atomic E-state index is 0.352. The Balaban J connectivity index is 2.01. The molecule has 4 nitrogen and oxygen atoms in total. The highest BCUT2D eigenvalue weighted by Gasteiger charge is 2.11. The summed E-state index contributed by atoms with van der Waals surface area (Å²) < 4.78 is 10.7. The average Bonchev–Trinajstić information content (AvgIpc) is 2.88. The molecule has 0 aliphatic rings. The van der Waals surface area contributed by atoms with Gasteiger partial charge < -0.3 is 9.47 Å². The Bertz CT molecular complexity index is 599. The number of methoxy groups -OCH3 is 1. The van der Waals surface area contributed by atoms with Crippen LogP contribution in [0.2, 0.25) is 0 Å². The van der Waals surface area contributed by atoms with Crippen LogP contribution in [0.4, 0.5) is 0 Å². The summed E-state index contributed by atoms with van der Waals surface area (Å²) in [6.07, 6.45) is 1.01. The van der Waals surface area contributed by atoms with Gasteiger partial charge >= 0.3 is 0 Å². The van der Waals surface area contributed by atoms with E-state index in [1.165, 1.54) is 16.9 Å². The van der Waals surface area contributed by atoms with E-state index in [0.717, 1.165) is 17.2 Å². The van der Waals surface area contributed by atoms with Gasteiger partial charge in [-0.05, 0) is 24.1 Å². The molecule has 0 spiro atoms. The fraction of sp³-hybridized carbons (Fsp3) is 0.333. The number of hydrogen-bond donors (Lipinski definition) is 0. The molecule has 0 aliphatic carbocycles. The normalized spacial score (nSPS) is 10.2. The smallest absolute Gasteiger partial charge is 0.140 e. The molecule has 2 rings (SSSR count). The Morgan fingerprint density at radius 1 is 1.25 bits per heavy atom. The summed E-state index contributed by atoms with van der Waals surface area (Å²) in [5.74, 6) is 0.809. The number of hydrogen-bond acceptors (Lipinski definition) is 5. The van der Waals surface area contributed by atoms with Gasteiger partial charge in [-0.15, -0.1) is 11.3 Å². The molecule has 5 heteroatoms. The van der Waals surface area contributed by atoms with Crippen molar-refractivity contribution in [2.75, 3.05) is 7.11 Å². The van der Waals surface area contributed by atoms with E-state index in [1.807, 2.05) is 24.3 Å². The molecule has 0 aliphatic heterocycles. The minimum Gasteiger partial charge on any atom is -0.486 e. The van der Waals surface area contributed by atoms with Crippen molar-refractivity contribution in [2.45, 2.75) is 26.6 Å². The molecule has 1 aromatic heterocycles. The van der Waals surface area contributed by atoms with Crippen molar-refractivity contribution in [1.82, 2.24) is 4.98 Å². The molecule has 0 bridgehead atoms. The van der Waals surface area contributed by atoms with Crippen LogP contribution in [0.5, 0.6) is 5.75 Å². The molecular weight excluding hydrogens is 272 g/mol. The minimum absolute atomic E-state index is 0.352. The first kappa shape index (κ1) is 14.5. The molecular formula is C15H16N2O2S. The quantitative estimate of drug-likeness (QED) is 0.818. The first-order valence-corrected chi connectivity index (χ1v) is 7.17. The second-order valence-corrected chi connectivity index (χ2v) is 5.30. The van der Waals surface area contributed by atoms with Crippen LogP contribution in [-0.4, -0.2) is 12.1 Å². The Labute approximate surface area is 122 Å². The summed E-state index contributed by atoms with van der Waals surface area (Å²) in [6, 6.07) is 10.1. The average molecular weight is 288 g/mol. The highest BCUT2D eigenvalue weighted by molar-refractivity contribution is 7.12. The largest absolute Gasteiger partial charge is 0.486 e. The molecule has 0 amide bonds. The lowest BCUT2D eigenvalue weighted by molar-refractivity contribution is 0.181. The SMILES string of the molecule is CCc1ccc(OCc2nc(COC)c(C#N)s2)cc1. The molecule has 20 heavy (non-hydrogen) atoms. The van der Waals surface area contributed by atoms with E-state index in [2.05, 4.69) is 18.0 Å². The lowest BCUT2D eigenvalue weighted by Crippen LogP contribution is -1.96. The summed E-state index contributed by atoms with van der Waals surface area (Å²) in [4.78, 5) is 4.96. The van der Waals surface area contributed by atoms with Crippen molar-refractivity contribution in [2.24, 2.45) is 0 Å². The van der Waals surface area contributed by atoms with Crippen LogP contribution in [0, 0.1) is 11.3 Å². The predicted octanol–water partition coefficient (Wildman–Crippen LogP) is 3.30. The number of benzene rings is 1. The van der Waals surface area contributed by atoms with Crippen LogP contribution in [0.15, 0.2) is 24.3 Å². The van der Waals surface area contributed by atoms with Gasteiger partial charge in [0, 0.05) is 7.11 Å². The van der Waals surface area contributed by atoms with Gasteiger partial charge in [0.2, 0.25) is 0 Å². The monoisotopic (exact) mass is 288 g/mol. The number of rotatable bonds is 6. The first-order valence-electron chi connectivity index (χ1n) is 6.36. The van der Waals surface area contributed by atoms with E-state index in [9.17, 15) is 0 Å². The Morgan fingerprint density at radius 3 is 2.60 bits per heavy atom. The third-order valence-electron chi connectivity index (χ3n) is 2.82. The molecule has 0 atom stereocenters. The van der Waals surface area contributed by atoms with Gasteiger partial charge in [-0.2, -0.15) is 5.26 Å². The zero-order chi connectivity index (χ0) is 14.4. The van der Waals surface area contributed by atoms with Crippen LogP contribution in [-0.2, 0) is 24.4 Å². The molecule has 1 aromatic carbocycles. The summed E-state index contributed by atoms with van der Waals surface area (Å²) >= 11 is 1.35. The molecule has 2 aromatic rings. The fourth-order valence-electron chi connectivity index (χ4n) is 1.75. The molecule has 0 fully saturated rings. The lowest BCUT2D eigenvalue weighted by Gasteiger charge is -2.04. The van der Waals surface area contributed by atoms with Crippen molar-refractivity contribution >= 4 is 11.3 Å². The van der Waals surface area contributed by atoms with Crippen molar-refractivity contribution in [3.05, 3.63) is 45.4 Å². The second kappa shape index (κ2) is 7.04. The van der Waals surface area contributed by atoms with Gasteiger partial charge in [0.15, 0.2) is 0 Å². The fourth-order valence-corrected chi connectivity index (χ4v) is 2.53. The van der Waals surface area contributed by atoms with Crippen molar-refractivity contribution in [1.29, 1.82) is 5.26 Å². The maximum absolute atomic E-state index is 9.03. The zero-order valence-corrected chi connectivity index (χ0v) is 12.4. The summed E-state index contributed by atoms with van der Waals surface area (Å²) in [6.45, 7) is 2.84. The van der Waals surface area contributed by atoms with Crippen LogP contribution < -0.4 is 4.74 Å². The highest BCUT2D eigenvalue weighted by Crippen LogP contribution is 2.21. The van der Waals surface area contributed by atoms with Crippen LogP contribution in [0.25, 0.3) is 0 Å². The Morgan fingerprint density at radius 2 is 2.00 bits per heavy atom. The Hall–Kier alpha value is -1.90. The third-order valence-corrected chi connectivity index (χ3v) is 3.79. The van der Waals surface area contributed by atoms with Crippen molar-refractivity contribution in [3.63, 3.8) is 0 Å². The predicted molar refractivity (Wildman–Crippen MR) is 77.7 cm³/mol. The summed E-state index contributed by atoms with van der Waals surface area (Å²) in [5, 5.41) is 9.81. The highest BCUT2D eigenvalue weighted by atomic mass is 32.1. The van der Waals surface area contributed by atoms with E-state index in [-0.39, 0.29) is 0 Å². The number of thiazole rings is 1. The van der Waals surface area contributed by atoms with E-state index in [4.69, 9.17) is 14.7 Å². The number of ether oxygens (including phenoxy) is 2. The summed E-state index contributed by atoms with van der Waals surface area (Å²) in [5.41, 5.74) is 1.96. The number of nitriles is 1. The molecule has 0 saturated heterocycles. The molecule has 1 heterocycles. The van der Waals surface area contributed by atoms with E-state index >= 15 is 0 Å². The zero-order valence-electron chi connectivity index (χ0n) is 11.5. The molecule has 104 valence electrons. The maximum atomic E-state index is 9.03. The van der Waals surface area contributed by atoms with E-state index in [1.54, 1.807) is 7.11 Å².